The second-order valence-electron chi connectivity index (χ2n) is 7.42. The quantitative estimate of drug-likeness (QED) is 0.943. The van der Waals surface area contributed by atoms with Gasteiger partial charge < -0.3 is 10.1 Å². The Kier molecular flexibility index (Phi) is 3.27. The molecule has 1 spiro atoms. The molecule has 0 amide bonds. The van der Waals surface area contributed by atoms with Crippen LogP contribution in [0.1, 0.15) is 24.0 Å². The van der Waals surface area contributed by atoms with Crippen molar-refractivity contribution in [2.24, 2.45) is 5.92 Å². The summed E-state index contributed by atoms with van der Waals surface area (Å²) in [4.78, 5) is 7.16. The van der Waals surface area contributed by atoms with E-state index in [1.807, 2.05) is 12.3 Å². The second kappa shape index (κ2) is 5.49. The number of fused-ring (bicyclic) bond motifs is 3. The molecule has 2 bridgehead atoms. The van der Waals surface area contributed by atoms with Gasteiger partial charge >= 0.3 is 0 Å². The van der Waals surface area contributed by atoms with E-state index in [0.29, 0.717) is 5.92 Å². The highest BCUT2D eigenvalue weighted by Crippen LogP contribution is 2.46. The maximum absolute atomic E-state index is 6.41. The lowest BCUT2D eigenvalue weighted by Crippen LogP contribution is -2.61. The monoisotopic (exact) mass is 321 g/mol. The number of ether oxygens (including phenoxy) is 1. The van der Waals surface area contributed by atoms with Crippen LogP contribution in [0.4, 0.5) is 5.69 Å². The molecule has 1 N–H and O–H groups in total. The first-order valence-corrected chi connectivity index (χ1v) is 8.99. The van der Waals surface area contributed by atoms with Gasteiger partial charge in [0.15, 0.2) is 0 Å². The van der Waals surface area contributed by atoms with E-state index < -0.39 is 0 Å². The maximum Gasteiger partial charge on any atom is 0.217 e. The molecule has 0 radical (unpaired) electrons. The van der Waals surface area contributed by atoms with E-state index in [9.17, 15) is 0 Å². The number of hydrogen-bond acceptors (Lipinski definition) is 4. The molecule has 1 unspecified atom stereocenters. The number of anilines is 1. The average Bonchev–Trinajstić information content (AvgIpc) is 2.98. The van der Waals surface area contributed by atoms with Crippen LogP contribution >= 0.6 is 0 Å². The number of aromatic nitrogens is 1. The summed E-state index contributed by atoms with van der Waals surface area (Å²) >= 11 is 0. The van der Waals surface area contributed by atoms with Gasteiger partial charge in [-0.25, -0.2) is 4.98 Å². The Balaban J connectivity index is 1.33. The van der Waals surface area contributed by atoms with E-state index in [-0.39, 0.29) is 5.60 Å². The Hall–Kier alpha value is -2.07. The zero-order valence-corrected chi connectivity index (χ0v) is 13.9. The first kappa shape index (κ1) is 14.3. The van der Waals surface area contributed by atoms with Gasteiger partial charge in [-0.15, -0.1) is 0 Å². The van der Waals surface area contributed by atoms with Crippen LogP contribution in [0.2, 0.25) is 0 Å². The largest absolute Gasteiger partial charge is 0.469 e. The van der Waals surface area contributed by atoms with Crippen LogP contribution in [0.15, 0.2) is 42.6 Å². The third-order valence-corrected chi connectivity index (χ3v) is 5.88. The van der Waals surface area contributed by atoms with Gasteiger partial charge in [-0.2, -0.15) is 0 Å². The molecule has 3 fully saturated rings. The zero-order valence-electron chi connectivity index (χ0n) is 13.9. The molecule has 4 aliphatic rings. The molecule has 0 saturated carbocycles. The number of nitrogens with zero attached hydrogens (tertiary/aromatic N) is 2. The third kappa shape index (κ3) is 2.37. The van der Waals surface area contributed by atoms with Crippen molar-refractivity contribution in [1.82, 2.24) is 9.88 Å². The van der Waals surface area contributed by atoms with E-state index in [0.717, 1.165) is 31.1 Å². The fourth-order valence-corrected chi connectivity index (χ4v) is 4.60. The lowest BCUT2D eigenvalue weighted by Gasteiger charge is -2.50. The van der Waals surface area contributed by atoms with Crippen molar-refractivity contribution in [1.29, 1.82) is 0 Å². The zero-order chi connectivity index (χ0) is 16.0. The Bertz CT molecular complexity index is 740. The van der Waals surface area contributed by atoms with Gasteiger partial charge in [0.05, 0.1) is 11.9 Å². The summed E-state index contributed by atoms with van der Waals surface area (Å²) in [6.45, 7) is 4.37. The Morgan fingerprint density at radius 2 is 2.04 bits per heavy atom. The Labute approximate surface area is 142 Å². The summed E-state index contributed by atoms with van der Waals surface area (Å²) in [5.74, 6) is 1.55. The van der Waals surface area contributed by atoms with E-state index in [1.165, 1.54) is 37.1 Å². The lowest BCUT2D eigenvalue weighted by molar-refractivity contribution is -0.0814. The smallest absolute Gasteiger partial charge is 0.217 e. The topological polar surface area (TPSA) is 37.4 Å². The first-order chi connectivity index (χ1) is 11.8. The summed E-state index contributed by atoms with van der Waals surface area (Å²) in [5.41, 5.74) is 3.62. The molecule has 4 nitrogen and oxygen atoms in total. The molecular formula is C20H23N3O. The van der Waals surface area contributed by atoms with E-state index in [4.69, 9.17) is 4.74 Å². The maximum atomic E-state index is 6.41. The standard InChI is InChI=1S/C20H23N3O/c1-2-4-15(5-3-1)12-21-18-10-16-11-20(24-19(16)22-13-18)14-23-8-6-17(20)7-9-23/h1-5,10,13,17,21H,6-9,11-12,14H2. The van der Waals surface area contributed by atoms with Crippen LogP contribution in [-0.4, -0.2) is 35.1 Å². The number of nitrogens with one attached hydrogen (secondary N) is 1. The summed E-state index contributed by atoms with van der Waals surface area (Å²) in [7, 11) is 0. The SMILES string of the molecule is c1ccc(CNc2cnc3c(c2)CC2(CN4CCC2CC4)O3)cc1. The predicted octanol–water partition coefficient (Wildman–Crippen LogP) is 3.09. The Morgan fingerprint density at radius 1 is 1.21 bits per heavy atom. The van der Waals surface area contributed by atoms with Gasteiger partial charge in [0.1, 0.15) is 5.60 Å². The number of piperidine rings is 3. The van der Waals surface area contributed by atoms with Crippen molar-refractivity contribution in [3.63, 3.8) is 0 Å². The molecule has 6 rings (SSSR count). The molecule has 2 aromatic rings. The summed E-state index contributed by atoms with van der Waals surface area (Å²) in [5, 5.41) is 3.49. The number of benzene rings is 1. The molecule has 24 heavy (non-hydrogen) atoms. The van der Waals surface area contributed by atoms with Crippen LogP contribution < -0.4 is 10.1 Å². The predicted molar refractivity (Wildman–Crippen MR) is 94.2 cm³/mol. The van der Waals surface area contributed by atoms with Crippen LogP contribution in [0, 0.1) is 5.92 Å². The summed E-state index contributed by atoms with van der Waals surface area (Å²) in [6, 6.07) is 12.7. The van der Waals surface area contributed by atoms with Gasteiger partial charge in [0.25, 0.3) is 0 Å². The van der Waals surface area contributed by atoms with E-state index in [2.05, 4.69) is 45.5 Å². The molecule has 5 heterocycles. The molecular weight excluding hydrogens is 298 g/mol. The minimum absolute atomic E-state index is 0.0100. The van der Waals surface area contributed by atoms with Crippen molar-refractivity contribution in [2.45, 2.75) is 31.4 Å². The lowest BCUT2D eigenvalue weighted by atomic mass is 9.73. The molecule has 0 aliphatic carbocycles. The third-order valence-electron chi connectivity index (χ3n) is 5.88. The van der Waals surface area contributed by atoms with Crippen LogP contribution in [0.5, 0.6) is 5.88 Å². The van der Waals surface area contributed by atoms with Gasteiger partial charge in [0.2, 0.25) is 5.88 Å². The number of rotatable bonds is 3. The number of pyridine rings is 1. The highest BCUT2D eigenvalue weighted by molar-refractivity contribution is 5.49. The van der Waals surface area contributed by atoms with Crippen molar-refractivity contribution >= 4 is 5.69 Å². The summed E-state index contributed by atoms with van der Waals surface area (Å²) < 4.78 is 6.41. The van der Waals surface area contributed by atoms with Crippen molar-refractivity contribution in [3.8, 4) is 5.88 Å². The van der Waals surface area contributed by atoms with E-state index >= 15 is 0 Å². The molecule has 1 aromatic carbocycles. The average molecular weight is 321 g/mol. The molecule has 4 heteroatoms. The van der Waals surface area contributed by atoms with Crippen molar-refractivity contribution < 1.29 is 4.74 Å². The molecule has 3 saturated heterocycles. The fraction of sp³-hybridized carbons (Fsp3) is 0.450. The van der Waals surface area contributed by atoms with Gasteiger partial charge in [-0.05, 0) is 37.6 Å². The normalized spacial score (nSPS) is 30.2. The highest BCUT2D eigenvalue weighted by atomic mass is 16.5. The molecule has 1 aromatic heterocycles. The summed E-state index contributed by atoms with van der Waals surface area (Å²) in [6.07, 6.45) is 5.46. The van der Waals surface area contributed by atoms with E-state index in [1.54, 1.807) is 0 Å². The van der Waals surface area contributed by atoms with Crippen LogP contribution in [0.3, 0.4) is 0 Å². The van der Waals surface area contributed by atoms with Crippen LogP contribution in [0.25, 0.3) is 0 Å². The number of hydrogen-bond donors (Lipinski definition) is 1. The fourth-order valence-electron chi connectivity index (χ4n) is 4.60. The second-order valence-corrected chi connectivity index (χ2v) is 7.42. The minimum Gasteiger partial charge on any atom is -0.469 e. The van der Waals surface area contributed by atoms with Gasteiger partial charge in [0, 0.05) is 31.0 Å². The first-order valence-electron chi connectivity index (χ1n) is 8.99. The molecule has 124 valence electrons. The van der Waals surface area contributed by atoms with Gasteiger partial charge in [-0.3, -0.25) is 4.90 Å². The van der Waals surface area contributed by atoms with Crippen LogP contribution in [-0.2, 0) is 13.0 Å². The minimum atomic E-state index is -0.0100. The van der Waals surface area contributed by atoms with Gasteiger partial charge in [-0.1, -0.05) is 30.3 Å². The molecule has 1 atom stereocenters. The Morgan fingerprint density at radius 3 is 2.79 bits per heavy atom. The highest BCUT2D eigenvalue weighted by Gasteiger charge is 2.52. The van der Waals surface area contributed by atoms with Crippen molar-refractivity contribution in [3.05, 3.63) is 53.7 Å². The van der Waals surface area contributed by atoms with Crippen molar-refractivity contribution in [2.75, 3.05) is 25.0 Å². The molecule has 4 aliphatic heterocycles.